The van der Waals surface area contributed by atoms with Gasteiger partial charge >= 0.3 is 6.18 Å². The highest BCUT2D eigenvalue weighted by Crippen LogP contribution is 2.41. The summed E-state index contributed by atoms with van der Waals surface area (Å²) in [5.41, 5.74) is -2.40. The molecule has 0 aliphatic heterocycles. The van der Waals surface area contributed by atoms with Crippen molar-refractivity contribution < 1.29 is 18.1 Å². The Hall–Kier alpha value is -1.57. The van der Waals surface area contributed by atoms with E-state index in [4.69, 9.17) is 34.8 Å². The van der Waals surface area contributed by atoms with Crippen molar-refractivity contribution in [3.8, 4) is 11.3 Å². The van der Waals surface area contributed by atoms with Gasteiger partial charge in [0.15, 0.2) is 0 Å². The Kier molecular flexibility index (Phi) is 4.51. The topological polar surface area (TPSA) is 56.0 Å². The largest absolute Gasteiger partial charge is 0.418 e. The highest BCUT2D eigenvalue weighted by atomic mass is 35.5. The SMILES string of the molecule is O=[N+]([O-])c1cc(C(F)(F)F)cnc1-c1ccc(Cl)c(Cl)c1Cl. The molecule has 4 nitrogen and oxygen atoms in total. The monoisotopic (exact) mass is 370 g/mol. The normalized spacial score (nSPS) is 11.5. The summed E-state index contributed by atoms with van der Waals surface area (Å²) in [6.45, 7) is 0. The first-order valence-electron chi connectivity index (χ1n) is 5.48. The average Bonchev–Trinajstić information content (AvgIpc) is 2.43. The number of alkyl halides is 3. The number of benzene rings is 1. The van der Waals surface area contributed by atoms with Gasteiger partial charge in [0, 0.05) is 17.8 Å². The molecule has 2 rings (SSSR count). The van der Waals surface area contributed by atoms with Gasteiger partial charge in [-0.3, -0.25) is 10.1 Å². The maximum absolute atomic E-state index is 12.6. The molecule has 0 spiro atoms. The number of halogens is 6. The molecule has 0 saturated carbocycles. The number of nitrogens with zero attached hydrogens (tertiary/aromatic N) is 2. The molecule has 0 aliphatic carbocycles. The van der Waals surface area contributed by atoms with Crippen LogP contribution < -0.4 is 0 Å². The van der Waals surface area contributed by atoms with E-state index in [2.05, 4.69) is 4.98 Å². The first kappa shape index (κ1) is 16.8. The van der Waals surface area contributed by atoms with Gasteiger partial charge in [-0.15, -0.1) is 0 Å². The van der Waals surface area contributed by atoms with Crippen molar-refractivity contribution in [1.82, 2.24) is 4.98 Å². The standard InChI is InChI=1S/C12H4Cl3F3N2O2/c13-7-2-1-6(9(14)10(7)15)11-8(20(21)22)3-5(4-19-11)12(16,17)18/h1-4H. The molecular weight excluding hydrogens is 367 g/mol. The minimum absolute atomic E-state index is 0.0106. The summed E-state index contributed by atoms with van der Waals surface area (Å²) in [5.74, 6) is 0. The van der Waals surface area contributed by atoms with Gasteiger partial charge in [0.1, 0.15) is 5.69 Å². The third kappa shape index (κ3) is 3.11. The Morgan fingerprint density at radius 1 is 1.14 bits per heavy atom. The molecule has 0 aliphatic rings. The summed E-state index contributed by atoms with van der Waals surface area (Å²) in [6.07, 6.45) is -4.26. The van der Waals surface area contributed by atoms with Crippen LogP contribution in [0.3, 0.4) is 0 Å². The quantitative estimate of drug-likeness (QED) is 0.390. The maximum atomic E-state index is 12.6. The molecule has 1 aromatic carbocycles. The number of pyridine rings is 1. The average molecular weight is 372 g/mol. The van der Waals surface area contributed by atoms with E-state index in [1.165, 1.54) is 12.1 Å². The summed E-state index contributed by atoms with van der Waals surface area (Å²) in [6, 6.07) is 2.99. The van der Waals surface area contributed by atoms with Gasteiger partial charge in [0.05, 0.1) is 25.6 Å². The minimum Gasteiger partial charge on any atom is -0.258 e. The lowest BCUT2D eigenvalue weighted by molar-refractivity contribution is -0.384. The third-order valence-electron chi connectivity index (χ3n) is 2.68. The zero-order valence-electron chi connectivity index (χ0n) is 10.3. The van der Waals surface area contributed by atoms with E-state index >= 15 is 0 Å². The summed E-state index contributed by atoms with van der Waals surface area (Å²) in [7, 11) is 0. The van der Waals surface area contributed by atoms with E-state index in [1.54, 1.807) is 0 Å². The van der Waals surface area contributed by atoms with E-state index < -0.39 is 22.4 Å². The summed E-state index contributed by atoms with van der Waals surface area (Å²) < 4.78 is 37.9. The van der Waals surface area contributed by atoms with E-state index in [-0.39, 0.29) is 26.3 Å². The van der Waals surface area contributed by atoms with Crippen molar-refractivity contribution >= 4 is 40.5 Å². The van der Waals surface area contributed by atoms with Crippen LogP contribution in [0.15, 0.2) is 24.4 Å². The van der Waals surface area contributed by atoms with Gasteiger partial charge in [-0.05, 0) is 12.1 Å². The molecule has 0 bridgehead atoms. The van der Waals surface area contributed by atoms with Crippen LogP contribution in [-0.4, -0.2) is 9.91 Å². The fourth-order valence-corrected chi connectivity index (χ4v) is 2.29. The third-order valence-corrected chi connectivity index (χ3v) is 3.98. The van der Waals surface area contributed by atoms with Gasteiger partial charge in [0.2, 0.25) is 0 Å². The zero-order valence-corrected chi connectivity index (χ0v) is 12.6. The van der Waals surface area contributed by atoms with E-state index in [0.29, 0.717) is 12.3 Å². The lowest BCUT2D eigenvalue weighted by atomic mass is 10.1. The highest BCUT2D eigenvalue weighted by Gasteiger charge is 2.34. The van der Waals surface area contributed by atoms with Crippen molar-refractivity contribution in [2.45, 2.75) is 6.18 Å². The first-order valence-corrected chi connectivity index (χ1v) is 6.62. The first-order chi connectivity index (χ1) is 10.1. The predicted molar refractivity (Wildman–Crippen MR) is 76.4 cm³/mol. The summed E-state index contributed by atoms with van der Waals surface area (Å²) in [5, 5.41) is 10.9. The van der Waals surface area contributed by atoms with E-state index in [9.17, 15) is 23.3 Å². The molecule has 0 fully saturated rings. The van der Waals surface area contributed by atoms with Crippen LogP contribution in [0.4, 0.5) is 18.9 Å². The lowest BCUT2D eigenvalue weighted by Gasteiger charge is -2.10. The Bertz CT molecular complexity index is 766. The highest BCUT2D eigenvalue weighted by molar-refractivity contribution is 6.49. The van der Waals surface area contributed by atoms with Gasteiger partial charge in [0.25, 0.3) is 5.69 Å². The molecule has 116 valence electrons. The Labute approximate surface area is 136 Å². The maximum Gasteiger partial charge on any atom is 0.418 e. The van der Waals surface area contributed by atoms with Crippen molar-refractivity contribution in [3.63, 3.8) is 0 Å². The van der Waals surface area contributed by atoms with E-state index in [0.717, 1.165) is 0 Å². The van der Waals surface area contributed by atoms with Crippen LogP contribution in [0.25, 0.3) is 11.3 Å². The fourth-order valence-electron chi connectivity index (χ4n) is 1.66. The molecule has 0 saturated heterocycles. The van der Waals surface area contributed by atoms with Crippen molar-refractivity contribution in [3.05, 3.63) is 55.1 Å². The second kappa shape index (κ2) is 5.91. The molecular formula is C12H4Cl3F3N2O2. The molecule has 0 amide bonds. The fraction of sp³-hybridized carbons (Fsp3) is 0.0833. The number of hydrogen-bond acceptors (Lipinski definition) is 3. The van der Waals surface area contributed by atoms with Crippen molar-refractivity contribution in [1.29, 1.82) is 0 Å². The van der Waals surface area contributed by atoms with Crippen LogP contribution in [0.2, 0.25) is 15.1 Å². The van der Waals surface area contributed by atoms with E-state index in [1.807, 2.05) is 0 Å². The zero-order chi connectivity index (χ0) is 16.7. The molecule has 1 aromatic heterocycles. The lowest BCUT2D eigenvalue weighted by Crippen LogP contribution is -2.07. The molecule has 0 N–H and O–H groups in total. The molecule has 1 heterocycles. The number of nitro groups is 1. The number of rotatable bonds is 2. The molecule has 0 unspecified atom stereocenters. The van der Waals surface area contributed by atoms with Gasteiger partial charge in [-0.25, -0.2) is 4.98 Å². The Morgan fingerprint density at radius 2 is 1.77 bits per heavy atom. The minimum atomic E-state index is -4.75. The van der Waals surface area contributed by atoms with Gasteiger partial charge in [-0.1, -0.05) is 34.8 Å². The molecule has 2 aromatic rings. The van der Waals surface area contributed by atoms with Crippen LogP contribution in [0.1, 0.15) is 5.56 Å². The second-order valence-corrected chi connectivity index (χ2v) is 5.23. The van der Waals surface area contributed by atoms with Crippen molar-refractivity contribution in [2.75, 3.05) is 0 Å². The second-order valence-electron chi connectivity index (χ2n) is 4.07. The van der Waals surface area contributed by atoms with Gasteiger partial charge in [-0.2, -0.15) is 13.2 Å². The predicted octanol–water partition coefficient (Wildman–Crippen LogP) is 5.64. The molecule has 0 radical (unpaired) electrons. The summed E-state index contributed by atoms with van der Waals surface area (Å²) >= 11 is 17.5. The van der Waals surface area contributed by atoms with Gasteiger partial charge < -0.3 is 0 Å². The van der Waals surface area contributed by atoms with Crippen LogP contribution in [0, 0.1) is 10.1 Å². The summed E-state index contributed by atoms with van der Waals surface area (Å²) in [4.78, 5) is 13.6. The Balaban J connectivity index is 2.71. The number of aromatic nitrogens is 1. The van der Waals surface area contributed by atoms with Crippen LogP contribution in [0.5, 0.6) is 0 Å². The molecule has 22 heavy (non-hydrogen) atoms. The molecule has 10 heteroatoms. The smallest absolute Gasteiger partial charge is 0.258 e. The number of hydrogen-bond donors (Lipinski definition) is 0. The molecule has 0 atom stereocenters. The van der Waals surface area contributed by atoms with Crippen LogP contribution in [-0.2, 0) is 6.18 Å². The van der Waals surface area contributed by atoms with Crippen LogP contribution >= 0.6 is 34.8 Å². The van der Waals surface area contributed by atoms with Crippen molar-refractivity contribution in [2.24, 2.45) is 0 Å². The Morgan fingerprint density at radius 3 is 2.32 bits per heavy atom.